The topological polar surface area (TPSA) is 140 Å². The number of thiol groups is 1. The maximum absolute atomic E-state index is 12.5. The molecular formula is C16H19N5O6S. The highest BCUT2D eigenvalue weighted by atomic mass is 32.1. The summed E-state index contributed by atoms with van der Waals surface area (Å²) in [6.45, 7) is 0.817. The van der Waals surface area contributed by atoms with Crippen LogP contribution in [0.25, 0.3) is 10.4 Å². The lowest BCUT2D eigenvalue weighted by Gasteiger charge is -2.27. The summed E-state index contributed by atoms with van der Waals surface area (Å²) < 4.78 is 16.7. The first-order valence-corrected chi connectivity index (χ1v) is 9.12. The third-order valence-electron chi connectivity index (χ3n) is 4.50. The number of carbonyl (C=O) groups is 1. The fourth-order valence-electron chi connectivity index (χ4n) is 3.15. The quantitative estimate of drug-likeness (QED) is 0.191. The summed E-state index contributed by atoms with van der Waals surface area (Å²) in [4.78, 5) is 27.0. The average molecular weight is 409 g/mol. The fraction of sp³-hybridized carbons (Fsp3) is 0.562. The van der Waals surface area contributed by atoms with E-state index in [4.69, 9.17) is 19.7 Å². The Morgan fingerprint density at radius 1 is 1.46 bits per heavy atom. The summed E-state index contributed by atoms with van der Waals surface area (Å²) in [5.41, 5.74) is 9.01. The number of nitro groups is 1. The molecule has 2 aliphatic heterocycles. The molecule has 12 heteroatoms. The van der Waals surface area contributed by atoms with Crippen molar-refractivity contribution in [3.63, 3.8) is 0 Å². The zero-order valence-corrected chi connectivity index (χ0v) is 15.7. The van der Waals surface area contributed by atoms with E-state index in [1.807, 2.05) is 0 Å². The van der Waals surface area contributed by atoms with Crippen molar-refractivity contribution in [3.8, 4) is 0 Å². The van der Waals surface area contributed by atoms with Gasteiger partial charge in [0.25, 0.3) is 5.69 Å². The van der Waals surface area contributed by atoms with E-state index in [-0.39, 0.29) is 42.8 Å². The molecule has 1 aromatic carbocycles. The van der Waals surface area contributed by atoms with Gasteiger partial charge in [0.15, 0.2) is 6.29 Å². The minimum absolute atomic E-state index is 0.0107. The first-order valence-electron chi connectivity index (χ1n) is 8.60. The van der Waals surface area contributed by atoms with Crippen molar-refractivity contribution in [3.05, 3.63) is 50.4 Å². The van der Waals surface area contributed by atoms with Crippen molar-refractivity contribution in [1.29, 1.82) is 0 Å². The fourth-order valence-corrected chi connectivity index (χ4v) is 3.54. The molecule has 2 unspecified atom stereocenters. The molecule has 0 saturated carbocycles. The zero-order valence-electron chi connectivity index (χ0n) is 14.8. The summed E-state index contributed by atoms with van der Waals surface area (Å²) in [5, 5.41) is 14.1. The molecule has 0 spiro atoms. The van der Waals surface area contributed by atoms with Gasteiger partial charge in [0.1, 0.15) is 6.61 Å². The smallest absolute Gasteiger partial charge is 0.410 e. The molecule has 150 valence electrons. The molecule has 28 heavy (non-hydrogen) atoms. The van der Waals surface area contributed by atoms with Gasteiger partial charge in [-0.05, 0) is 29.6 Å². The molecule has 2 heterocycles. The number of azide groups is 1. The molecule has 2 fully saturated rings. The van der Waals surface area contributed by atoms with Gasteiger partial charge in [0, 0.05) is 28.8 Å². The van der Waals surface area contributed by atoms with Crippen LogP contribution in [0, 0.1) is 10.1 Å². The van der Waals surface area contributed by atoms with Crippen LogP contribution in [-0.4, -0.2) is 59.3 Å². The molecule has 0 N–H and O–H groups in total. The number of ether oxygens (including phenoxy) is 3. The van der Waals surface area contributed by atoms with Crippen LogP contribution in [0.5, 0.6) is 0 Å². The molecular weight excluding hydrogens is 390 g/mol. The predicted molar refractivity (Wildman–Crippen MR) is 99.8 cm³/mol. The lowest BCUT2D eigenvalue weighted by Crippen LogP contribution is -2.43. The maximum atomic E-state index is 12.5. The number of carbonyl (C=O) groups excluding carboxylic acids is 1. The highest BCUT2D eigenvalue weighted by Crippen LogP contribution is 2.30. The van der Waals surface area contributed by atoms with Gasteiger partial charge < -0.3 is 14.2 Å². The molecule has 4 atom stereocenters. The molecule has 1 aromatic rings. The minimum Gasteiger partial charge on any atom is -0.445 e. The third kappa shape index (κ3) is 4.84. The summed E-state index contributed by atoms with van der Waals surface area (Å²) in [6, 6.07) is 5.43. The van der Waals surface area contributed by atoms with E-state index < -0.39 is 17.3 Å². The normalized spacial score (nSPS) is 26.7. The van der Waals surface area contributed by atoms with E-state index >= 15 is 0 Å². The van der Waals surface area contributed by atoms with E-state index in [1.165, 1.54) is 29.2 Å². The van der Waals surface area contributed by atoms with Crippen LogP contribution < -0.4 is 0 Å². The number of nitrogens with zero attached hydrogens (tertiary/aromatic N) is 5. The summed E-state index contributed by atoms with van der Waals surface area (Å²) in [5.74, 6) is 0. The molecule has 3 rings (SSSR count). The number of hydrogen-bond donors (Lipinski definition) is 1. The Hall–Kier alpha value is -2.53. The maximum Gasteiger partial charge on any atom is 0.410 e. The van der Waals surface area contributed by atoms with E-state index in [1.54, 1.807) is 0 Å². The van der Waals surface area contributed by atoms with Gasteiger partial charge >= 0.3 is 6.09 Å². The van der Waals surface area contributed by atoms with Crippen molar-refractivity contribution in [1.82, 2.24) is 4.90 Å². The molecule has 0 radical (unpaired) electrons. The summed E-state index contributed by atoms with van der Waals surface area (Å²) >= 11 is 4.45. The van der Waals surface area contributed by atoms with Crippen LogP contribution in [0.3, 0.4) is 0 Å². The van der Waals surface area contributed by atoms with Crippen LogP contribution in [-0.2, 0) is 20.8 Å². The minimum atomic E-state index is -0.636. The lowest BCUT2D eigenvalue weighted by atomic mass is 10.2. The highest BCUT2D eigenvalue weighted by molar-refractivity contribution is 7.81. The predicted octanol–water partition coefficient (Wildman–Crippen LogP) is 2.66. The number of nitro benzene ring substituents is 1. The van der Waals surface area contributed by atoms with Crippen molar-refractivity contribution < 1.29 is 23.9 Å². The Labute approximate surface area is 165 Å². The number of rotatable bonds is 6. The summed E-state index contributed by atoms with van der Waals surface area (Å²) in [6.07, 6.45) is -0.944. The van der Waals surface area contributed by atoms with E-state index in [0.717, 1.165) is 0 Å². The molecule has 0 bridgehead atoms. The molecule has 0 aliphatic carbocycles. The van der Waals surface area contributed by atoms with Crippen molar-refractivity contribution >= 4 is 24.4 Å². The van der Waals surface area contributed by atoms with Crippen LogP contribution in [0.1, 0.15) is 12.0 Å². The van der Waals surface area contributed by atoms with Gasteiger partial charge in [0.2, 0.25) is 0 Å². The van der Waals surface area contributed by atoms with Gasteiger partial charge in [-0.3, -0.25) is 15.0 Å². The first kappa shape index (κ1) is 20.2. The second kappa shape index (κ2) is 9.11. The highest BCUT2D eigenvalue weighted by Gasteiger charge is 2.43. The second-order valence-electron chi connectivity index (χ2n) is 6.46. The molecule has 11 nitrogen and oxygen atoms in total. The van der Waals surface area contributed by atoms with Crippen LogP contribution in [0.15, 0.2) is 29.4 Å². The zero-order chi connectivity index (χ0) is 20.1. The van der Waals surface area contributed by atoms with Gasteiger partial charge in [0.05, 0.1) is 30.2 Å². The standard InChI is InChI=1S/C16H19N5O6S/c17-19-18-6-12-9-25-15(27-12)14-5-13(28)7-20(14)16(22)26-8-10-1-3-11(4-2-10)21(23)24/h1-4,12-15,28H,5-9H2/t12?,13-,14-,15?/m0/s1. The Balaban J connectivity index is 1.57. The molecule has 0 aromatic heterocycles. The SMILES string of the molecule is [N-]=[N+]=NCC1COC([C@@H]2C[C@H](S)CN2C(=O)OCc2ccc([N+](=O)[O-])cc2)O1. The van der Waals surface area contributed by atoms with Gasteiger partial charge in [-0.1, -0.05) is 5.11 Å². The van der Waals surface area contributed by atoms with Crippen LogP contribution in [0.4, 0.5) is 10.5 Å². The van der Waals surface area contributed by atoms with Crippen LogP contribution >= 0.6 is 12.6 Å². The monoisotopic (exact) mass is 409 g/mol. The molecule has 2 aliphatic rings. The lowest BCUT2D eigenvalue weighted by molar-refractivity contribution is -0.384. The molecule has 2 saturated heterocycles. The largest absolute Gasteiger partial charge is 0.445 e. The molecule has 1 amide bonds. The number of hydrogen-bond acceptors (Lipinski definition) is 8. The van der Waals surface area contributed by atoms with Crippen LogP contribution in [0.2, 0.25) is 0 Å². The van der Waals surface area contributed by atoms with Gasteiger partial charge in [-0.25, -0.2) is 4.79 Å². The first-order chi connectivity index (χ1) is 13.5. The van der Waals surface area contributed by atoms with Gasteiger partial charge in [-0.2, -0.15) is 12.6 Å². The van der Waals surface area contributed by atoms with Crippen molar-refractivity contribution in [2.75, 3.05) is 19.7 Å². The third-order valence-corrected chi connectivity index (χ3v) is 4.88. The number of likely N-dealkylation sites (tertiary alicyclic amines) is 1. The number of amides is 1. The number of non-ortho nitro benzene ring substituents is 1. The average Bonchev–Trinajstić information content (AvgIpc) is 3.31. The van der Waals surface area contributed by atoms with E-state index in [9.17, 15) is 14.9 Å². The van der Waals surface area contributed by atoms with E-state index in [0.29, 0.717) is 18.5 Å². The van der Waals surface area contributed by atoms with E-state index in [2.05, 4.69) is 22.7 Å². The Morgan fingerprint density at radius 2 is 2.21 bits per heavy atom. The van der Waals surface area contributed by atoms with Crippen molar-refractivity contribution in [2.24, 2.45) is 5.11 Å². The summed E-state index contributed by atoms with van der Waals surface area (Å²) in [7, 11) is 0. The Bertz CT molecular complexity index is 771. The number of benzene rings is 1. The Kier molecular flexibility index (Phi) is 6.57. The van der Waals surface area contributed by atoms with Crippen molar-refractivity contribution in [2.45, 2.75) is 36.7 Å². The van der Waals surface area contributed by atoms with Gasteiger partial charge in [-0.15, -0.1) is 0 Å². The Morgan fingerprint density at radius 3 is 2.89 bits per heavy atom. The second-order valence-corrected chi connectivity index (χ2v) is 7.19.